The zero-order chi connectivity index (χ0) is 9.14. The summed E-state index contributed by atoms with van der Waals surface area (Å²) in [5, 5.41) is 0. The molecular weight excluding hydrogens is 224 g/mol. The van der Waals surface area contributed by atoms with E-state index in [2.05, 4.69) is 20.9 Å². The van der Waals surface area contributed by atoms with E-state index in [1.807, 2.05) is 0 Å². The van der Waals surface area contributed by atoms with E-state index < -0.39 is 5.97 Å². The minimum Gasteiger partial charge on any atom is -0.408 e. The molecule has 2 N–H and O–H groups in total. The lowest BCUT2D eigenvalue weighted by molar-refractivity contribution is -0.132. The summed E-state index contributed by atoms with van der Waals surface area (Å²) in [5.74, 6) is -0.164. The number of carbonyl (C=O) groups is 1. The molecule has 0 saturated heterocycles. The zero-order valence-electron chi connectivity index (χ0n) is 6.37. The fourth-order valence-electron chi connectivity index (χ4n) is 0.632. The summed E-state index contributed by atoms with van der Waals surface area (Å²) in [4.78, 5) is 14.4. The molecule has 0 aliphatic carbocycles. The normalized spacial score (nSPS) is 9.50. The summed E-state index contributed by atoms with van der Waals surface area (Å²) in [6.07, 6.45) is 0. The molecule has 1 aromatic rings. The van der Waals surface area contributed by atoms with Crippen LogP contribution in [0.15, 0.2) is 16.7 Å². The number of anilines is 1. The zero-order valence-corrected chi connectivity index (χ0v) is 7.96. The Morgan fingerprint density at radius 2 is 2.33 bits per heavy atom. The molecule has 0 atom stereocenters. The topological polar surface area (TPSA) is 65.2 Å². The summed E-state index contributed by atoms with van der Waals surface area (Å²) in [6.45, 7) is 1.31. The Labute approximate surface area is 77.9 Å². The Bertz CT molecular complexity index is 314. The number of nitrogens with zero attached hydrogens (tertiary/aromatic N) is 1. The van der Waals surface area contributed by atoms with Gasteiger partial charge in [0.2, 0.25) is 5.88 Å². The molecular formula is C7H7BrN2O2. The third-order valence-electron chi connectivity index (χ3n) is 1.10. The molecule has 1 aromatic heterocycles. The van der Waals surface area contributed by atoms with Gasteiger partial charge in [0.05, 0.1) is 5.69 Å². The van der Waals surface area contributed by atoms with Gasteiger partial charge in [0.25, 0.3) is 0 Å². The standard InChI is InChI=1S/C7H7BrN2O2/c1-4(11)12-6-3-2-5(9)7(8)10-6/h2-3H,9H2,1H3. The summed E-state index contributed by atoms with van der Waals surface area (Å²) in [6, 6.07) is 3.14. The maximum absolute atomic E-state index is 10.5. The van der Waals surface area contributed by atoms with Gasteiger partial charge in [0.1, 0.15) is 4.60 Å². The molecule has 0 radical (unpaired) electrons. The second-order valence-electron chi connectivity index (χ2n) is 2.12. The van der Waals surface area contributed by atoms with Crippen LogP contribution in [0.4, 0.5) is 5.69 Å². The molecule has 1 heterocycles. The highest BCUT2D eigenvalue weighted by molar-refractivity contribution is 9.10. The van der Waals surface area contributed by atoms with Crippen LogP contribution in [0.25, 0.3) is 0 Å². The molecule has 0 bridgehead atoms. The van der Waals surface area contributed by atoms with E-state index in [4.69, 9.17) is 10.5 Å². The largest absolute Gasteiger partial charge is 0.408 e. The minimum absolute atomic E-state index is 0.239. The second kappa shape index (κ2) is 3.53. The number of carbonyl (C=O) groups excluding carboxylic acids is 1. The van der Waals surface area contributed by atoms with Crippen LogP contribution in [0.3, 0.4) is 0 Å². The lowest BCUT2D eigenvalue weighted by Crippen LogP contribution is -2.03. The van der Waals surface area contributed by atoms with Crippen molar-refractivity contribution >= 4 is 27.6 Å². The third kappa shape index (κ3) is 2.20. The van der Waals surface area contributed by atoms with E-state index in [1.54, 1.807) is 6.07 Å². The molecule has 12 heavy (non-hydrogen) atoms. The Hall–Kier alpha value is -1.10. The van der Waals surface area contributed by atoms with Gasteiger partial charge in [-0.3, -0.25) is 4.79 Å². The van der Waals surface area contributed by atoms with Crippen molar-refractivity contribution in [1.29, 1.82) is 0 Å². The summed E-state index contributed by atoms with van der Waals surface area (Å²) >= 11 is 3.11. The number of halogens is 1. The van der Waals surface area contributed by atoms with E-state index in [-0.39, 0.29) is 5.88 Å². The van der Waals surface area contributed by atoms with Crippen molar-refractivity contribution in [3.63, 3.8) is 0 Å². The van der Waals surface area contributed by atoms with Crippen molar-refractivity contribution in [3.8, 4) is 5.88 Å². The smallest absolute Gasteiger partial charge is 0.309 e. The van der Waals surface area contributed by atoms with E-state index >= 15 is 0 Å². The first-order valence-electron chi connectivity index (χ1n) is 3.20. The number of pyridine rings is 1. The first kappa shape index (κ1) is 8.99. The second-order valence-corrected chi connectivity index (χ2v) is 2.87. The minimum atomic E-state index is -0.404. The van der Waals surface area contributed by atoms with Crippen LogP contribution < -0.4 is 10.5 Å². The van der Waals surface area contributed by atoms with Crippen molar-refractivity contribution in [3.05, 3.63) is 16.7 Å². The van der Waals surface area contributed by atoms with Crippen LogP contribution in [0, 0.1) is 0 Å². The van der Waals surface area contributed by atoms with Crippen LogP contribution in [-0.4, -0.2) is 11.0 Å². The third-order valence-corrected chi connectivity index (χ3v) is 1.74. The van der Waals surface area contributed by atoms with E-state index in [0.717, 1.165) is 0 Å². The monoisotopic (exact) mass is 230 g/mol. The van der Waals surface area contributed by atoms with Gasteiger partial charge >= 0.3 is 5.97 Å². The fourth-order valence-corrected chi connectivity index (χ4v) is 0.939. The average molecular weight is 231 g/mol. The van der Waals surface area contributed by atoms with Crippen molar-refractivity contribution in [2.24, 2.45) is 0 Å². The molecule has 4 nitrogen and oxygen atoms in total. The first-order valence-corrected chi connectivity index (χ1v) is 3.99. The molecule has 64 valence electrons. The van der Waals surface area contributed by atoms with Gasteiger partial charge in [-0.25, -0.2) is 4.98 Å². The van der Waals surface area contributed by atoms with Crippen molar-refractivity contribution in [2.75, 3.05) is 5.73 Å². The number of nitrogens with two attached hydrogens (primary N) is 1. The quantitative estimate of drug-likeness (QED) is 0.585. The molecule has 0 saturated carbocycles. The number of esters is 1. The fraction of sp³-hybridized carbons (Fsp3) is 0.143. The lowest BCUT2D eigenvalue weighted by Gasteiger charge is -2.01. The summed E-state index contributed by atoms with van der Waals surface area (Å²) in [5.41, 5.74) is 5.98. The van der Waals surface area contributed by atoms with Gasteiger partial charge in [-0.2, -0.15) is 0 Å². The van der Waals surface area contributed by atoms with Crippen LogP contribution in [0.1, 0.15) is 6.92 Å². The molecule has 0 fully saturated rings. The van der Waals surface area contributed by atoms with Crippen LogP contribution in [0.2, 0.25) is 0 Å². The van der Waals surface area contributed by atoms with Gasteiger partial charge < -0.3 is 10.5 Å². The maximum atomic E-state index is 10.5. The first-order chi connectivity index (χ1) is 5.59. The Morgan fingerprint density at radius 1 is 1.67 bits per heavy atom. The van der Waals surface area contributed by atoms with Crippen molar-refractivity contribution in [1.82, 2.24) is 4.98 Å². The highest BCUT2D eigenvalue weighted by atomic mass is 79.9. The molecule has 5 heteroatoms. The lowest BCUT2D eigenvalue weighted by atomic mass is 10.4. The van der Waals surface area contributed by atoms with Gasteiger partial charge in [-0.15, -0.1) is 0 Å². The molecule has 0 aliphatic heterocycles. The number of rotatable bonds is 1. The van der Waals surface area contributed by atoms with Gasteiger partial charge in [0, 0.05) is 13.0 Å². The molecule has 0 aliphatic rings. The predicted molar refractivity (Wildman–Crippen MR) is 47.7 cm³/mol. The Balaban J connectivity index is 2.89. The van der Waals surface area contributed by atoms with E-state index in [0.29, 0.717) is 10.3 Å². The van der Waals surface area contributed by atoms with Crippen molar-refractivity contribution in [2.45, 2.75) is 6.92 Å². The summed E-state index contributed by atoms with van der Waals surface area (Å²) in [7, 11) is 0. The average Bonchev–Trinajstić information content (AvgIpc) is 1.96. The Kier molecular flexibility index (Phi) is 2.65. The highest BCUT2D eigenvalue weighted by Crippen LogP contribution is 2.19. The highest BCUT2D eigenvalue weighted by Gasteiger charge is 2.02. The SMILES string of the molecule is CC(=O)Oc1ccc(N)c(Br)n1. The van der Waals surface area contributed by atoms with Crippen LogP contribution >= 0.6 is 15.9 Å². The molecule has 0 unspecified atom stereocenters. The van der Waals surface area contributed by atoms with Gasteiger partial charge in [0.15, 0.2) is 0 Å². The van der Waals surface area contributed by atoms with Crippen LogP contribution in [-0.2, 0) is 4.79 Å². The van der Waals surface area contributed by atoms with Gasteiger partial charge in [-0.05, 0) is 22.0 Å². The predicted octanol–water partition coefficient (Wildman–Crippen LogP) is 1.35. The van der Waals surface area contributed by atoms with E-state index in [9.17, 15) is 4.79 Å². The maximum Gasteiger partial charge on any atom is 0.309 e. The number of ether oxygens (including phenoxy) is 1. The molecule has 0 amide bonds. The number of aromatic nitrogens is 1. The molecule has 0 aromatic carbocycles. The van der Waals surface area contributed by atoms with Crippen LogP contribution in [0.5, 0.6) is 5.88 Å². The number of hydrogen-bond acceptors (Lipinski definition) is 4. The van der Waals surface area contributed by atoms with E-state index in [1.165, 1.54) is 13.0 Å². The number of nitrogen functional groups attached to an aromatic ring is 1. The number of hydrogen-bond donors (Lipinski definition) is 1. The molecule has 0 spiro atoms. The van der Waals surface area contributed by atoms with Gasteiger partial charge in [-0.1, -0.05) is 0 Å². The molecule has 1 rings (SSSR count). The Morgan fingerprint density at radius 3 is 2.83 bits per heavy atom. The van der Waals surface area contributed by atoms with Crippen molar-refractivity contribution < 1.29 is 9.53 Å². The summed E-state index contributed by atoms with van der Waals surface area (Å²) < 4.78 is 5.19.